The van der Waals surface area contributed by atoms with Crippen LogP contribution in [0.25, 0.3) is 0 Å². The van der Waals surface area contributed by atoms with Gasteiger partial charge in [0.1, 0.15) is 0 Å². The third-order valence-electron chi connectivity index (χ3n) is 3.53. The van der Waals surface area contributed by atoms with E-state index < -0.39 is 0 Å². The van der Waals surface area contributed by atoms with Crippen LogP contribution in [0.1, 0.15) is 28.8 Å². The second kappa shape index (κ2) is 5.22. The van der Waals surface area contributed by atoms with E-state index >= 15 is 0 Å². The lowest BCUT2D eigenvalue weighted by molar-refractivity contribution is 0.594. The molecule has 3 unspecified atom stereocenters. The summed E-state index contributed by atoms with van der Waals surface area (Å²) in [6.45, 7) is 0.870. The van der Waals surface area contributed by atoms with Gasteiger partial charge in [-0.05, 0) is 23.4 Å². The summed E-state index contributed by atoms with van der Waals surface area (Å²) in [5, 5.41) is 5.66. The molecule has 3 N–H and O–H groups in total. The number of thiophene rings is 1. The van der Waals surface area contributed by atoms with E-state index in [0.29, 0.717) is 12.0 Å². The van der Waals surface area contributed by atoms with Gasteiger partial charge in [-0.3, -0.25) is 0 Å². The molecule has 0 bridgehead atoms. The van der Waals surface area contributed by atoms with Crippen molar-refractivity contribution in [3.05, 3.63) is 58.3 Å². The molecule has 0 spiro atoms. The number of benzene rings is 1. The fourth-order valence-corrected chi connectivity index (χ4v) is 3.10. The number of nitrogens with one attached hydrogen (secondary N) is 1. The predicted molar refractivity (Wildman–Crippen MR) is 76.8 cm³/mol. The van der Waals surface area contributed by atoms with Crippen molar-refractivity contribution in [1.82, 2.24) is 5.32 Å². The first kappa shape index (κ1) is 11.9. The van der Waals surface area contributed by atoms with Crippen LogP contribution in [-0.4, -0.2) is 12.6 Å². The molecule has 94 valence electrons. The van der Waals surface area contributed by atoms with Gasteiger partial charge in [-0.25, -0.2) is 0 Å². The molecule has 1 aromatic heterocycles. The quantitative estimate of drug-likeness (QED) is 0.865. The summed E-state index contributed by atoms with van der Waals surface area (Å²) in [5.74, 6) is 0.682. The Labute approximate surface area is 112 Å². The van der Waals surface area contributed by atoms with Gasteiger partial charge >= 0.3 is 0 Å². The molecule has 1 aromatic carbocycles. The van der Waals surface area contributed by atoms with Gasteiger partial charge in [-0.1, -0.05) is 36.4 Å². The SMILES string of the molecule is NC(CNC1CC1c1ccccc1)c1cccs1. The Morgan fingerprint density at radius 3 is 2.78 bits per heavy atom. The molecule has 2 nitrogen and oxygen atoms in total. The maximum absolute atomic E-state index is 6.15. The van der Waals surface area contributed by atoms with Gasteiger partial charge in [0.25, 0.3) is 0 Å². The van der Waals surface area contributed by atoms with Crippen molar-refractivity contribution in [1.29, 1.82) is 0 Å². The molecule has 0 radical (unpaired) electrons. The molecule has 1 aliphatic carbocycles. The van der Waals surface area contributed by atoms with Crippen LogP contribution >= 0.6 is 11.3 Å². The lowest BCUT2D eigenvalue weighted by Crippen LogP contribution is -2.28. The fourth-order valence-electron chi connectivity index (χ4n) is 2.37. The Hall–Kier alpha value is -1.16. The number of rotatable bonds is 5. The Morgan fingerprint density at radius 1 is 1.22 bits per heavy atom. The second-order valence-electron chi connectivity index (χ2n) is 4.89. The molecule has 1 saturated carbocycles. The Balaban J connectivity index is 1.49. The van der Waals surface area contributed by atoms with Crippen molar-refractivity contribution in [3.8, 4) is 0 Å². The molecule has 0 amide bonds. The Morgan fingerprint density at radius 2 is 2.06 bits per heavy atom. The van der Waals surface area contributed by atoms with Gasteiger partial charge in [-0.2, -0.15) is 0 Å². The minimum atomic E-state index is 0.127. The zero-order chi connectivity index (χ0) is 12.4. The summed E-state index contributed by atoms with van der Waals surface area (Å²) in [6.07, 6.45) is 1.24. The fraction of sp³-hybridized carbons (Fsp3) is 0.333. The van der Waals surface area contributed by atoms with Crippen LogP contribution in [0.2, 0.25) is 0 Å². The van der Waals surface area contributed by atoms with Gasteiger partial charge < -0.3 is 11.1 Å². The zero-order valence-corrected chi connectivity index (χ0v) is 11.1. The first-order valence-electron chi connectivity index (χ1n) is 6.42. The molecule has 1 aliphatic rings. The van der Waals surface area contributed by atoms with Crippen molar-refractivity contribution in [3.63, 3.8) is 0 Å². The normalized spacial score (nSPS) is 23.8. The summed E-state index contributed by atoms with van der Waals surface area (Å²) in [7, 11) is 0. The maximum Gasteiger partial charge on any atom is 0.0516 e. The van der Waals surface area contributed by atoms with Gasteiger partial charge in [0, 0.05) is 23.4 Å². The highest BCUT2D eigenvalue weighted by molar-refractivity contribution is 7.10. The lowest BCUT2D eigenvalue weighted by Gasteiger charge is -2.10. The van der Waals surface area contributed by atoms with E-state index in [9.17, 15) is 0 Å². The first-order chi connectivity index (χ1) is 8.84. The van der Waals surface area contributed by atoms with E-state index in [1.807, 2.05) is 0 Å². The summed E-state index contributed by atoms with van der Waals surface area (Å²) in [6, 6.07) is 15.6. The zero-order valence-electron chi connectivity index (χ0n) is 10.3. The molecule has 3 heteroatoms. The Kier molecular flexibility index (Phi) is 3.46. The third kappa shape index (κ3) is 2.64. The van der Waals surface area contributed by atoms with Crippen molar-refractivity contribution < 1.29 is 0 Å². The standard InChI is InChI=1S/C15H18N2S/c16-13(15-7-4-8-18-15)10-17-14-9-12(14)11-5-2-1-3-6-11/h1-8,12-14,17H,9-10,16H2. The molecule has 3 rings (SSSR count). The van der Waals surface area contributed by atoms with E-state index in [1.165, 1.54) is 16.9 Å². The number of hydrogen-bond acceptors (Lipinski definition) is 3. The van der Waals surface area contributed by atoms with E-state index in [2.05, 4.69) is 53.2 Å². The van der Waals surface area contributed by atoms with Crippen LogP contribution in [0.5, 0.6) is 0 Å². The van der Waals surface area contributed by atoms with Crippen molar-refractivity contribution >= 4 is 11.3 Å². The summed E-state index contributed by atoms with van der Waals surface area (Å²) >= 11 is 1.74. The largest absolute Gasteiger partial charge is 0.322 e. The minimum Gasteiger partial charge on any atom is -0.322 e. The van der Waals surface area contributed by atoms with Gasteiger partial charge in [0.05, 0.1) is 6.04 Å². The summed E-state index contributed by atoms with van der Waals surface area (Å²) < 4.78 is 0. The monoisotopic (exact) mass is 258 g/mol. The van der Waals surface area contributed by atoms with Crippen molar-refractivity contribution in [2.75, 3.05) is 6.54 Å². The molecular weight excluding hydrogens is 240 g/mol. The number of hydrogen-bond donors (Lipinski definition) is 2. The molecule has 3 atom stereocenters. The maximum atomic E-state index is 6.15. The molecule has 0 aliphatic heterocycles. The first-order valence-corrected chi connectivity index (χ1v) is 7.30. The lowest BCUT2D eigenvalue weighted by atomic mass is 10.1. The van der Waals surface area contributed by atoms with E-state index in [4.69, 9.17) is 5.73 Å². The highest BCUT2D eigenvalue weighted by Crippen LogP contribution is 2.40. The van der Waals surface area contributed by atoms with E-state index in [1.54, 1.807) is 11.3 Å². The van der Waals surface area contributed by atoms with Gasteiger partial charge in [0.15, 0.2) is 0 Å². The third-order valence-corrected chi connectivity index (χ3v) is 4.53. The van der Waals surface area contributed by atoms with Gasteiger partial charge in [-0.15, -0.1) is 11.3 Å². The molecule has 1 fully saturated rings. The number of nitrogens with two attached hydrogens (primary N) is 1. The van der Waals surface area contributed by atoms with E-state index in [0.717, 1.165) is 6.54 Å². The summed E-state index contributed by atoms with van der Waals surface area (Å²) in [5.41, 5.74) is 7.59. The van der Waals surface area contributed by atoms with Crippen LogP contribution < -0.4 is 11.1 Å². The molecular formula is C15H18N2S. The van der Waals surface area contributed by atoms with Crippen molar-refractivity contribution in [2.45, 2.75) is 24.4 Å². The van der Waals surface area contributed by atoms with Crippen LogP contribution in [0, 0.1) is 0 Å². The topological polar surface area (TPSA) is 38.0 Å². The average molecular weight is 258 g/mol. The van der Waals surface area contributed by atoms with Crippen molar-refractivity contribution in [2.24, 2.45) is 5.73 Å². The second-order valence-corrected chi connectivity index (χ2v) is 5.87. The average Bonchev–Trinajstić information content (AvgIpc) is 2.98. The molecule has 0 saturated heterocycles. The minimum absolute atomic E-state index is 0.127. The van der Waals surface area contributed by atoms with Crippen LogP contribution in [0.4, 0.5) is 0 Å². The van der Waals surface area contributed by atoms with E-state index in [-0.39, 0.29) is 6.04 Å². The predicted octanol–water partition coefficient (Wildman–Crippen LogP) is 2.89. The summed E-state index contributed by atoms with van der Waals surface area (Å²) in [4.78, 5) is 1.26. The van der Waals surface area contributed by atoms with Gasteiger partial charge in [0.2, 0.25) is 0 Å². The van der Waals surface area contributed by atoms with Crippen LogP contribution in [-0.2, 0) is 0 Å². The molecule has 2 aromatic rings. The Bertz CT molecular complexity index is 480. The molecule has 18 heavy (non-hydrogen) atoms. The van der Waals surface area contributed by atoms with Crippen LogP contribution in [0.3, 0.4) is 0 Å². The molecule has 1 heterocycles. The highest BCUT2D eigenvalue weighted by Gasteiger charge is 2.37. The smallest absolute Gasteiger partial charge is 0.0516 e. The highest BCUT2D eigenvalue weighted by atomic mass is 32.1. The van der Waals surface area contributed by atoms with Crippen LogP contribution in [0.15, 0.2) is 47.8 Å².